The first-order valence-corrected chi connectivity index (χ1v) is 9.49. The molecule has 4 rings (SSSR count). The van der Waals surface area contributed by atoms with E-state index in [9.17, 15) is 14.4 Å². The molecule has 0 spiro atoms. The Labute approximate surface area is 165 Å². The number of carbonyl (C=O) groups is 1. The number of fused-ring (bicyclic) bond motifs is 2. The zero-order valence-electron chi connectivity index (χ0n) is 16.0. The number of hydrogen-bond acceptors (Lipinski definition) is 7. The summed E-state index contributed by atoms with van der Waals surface area (Å²) in [6.07, 6.45) is 1.21. The van der Waals surface area contributed by atoms with Crippen molar-refractivity contribution < 1.29 is 9.90 Å². The highest BCUT2D eigenvalue weighted by atomic mass is 16.4. The molecule has 0 unspecified atom stereocenters. The van der Waals surface area contributed by atoms with Crippen LogP contribution in [0.4, 0.5) is 5.69 Å². The van der Waals surface area contributed by atoms with E-state index < -0.39 is 17.2 Å². The number of nitrogens with zero attached hydrogens (tertiary/aromatic N) is 4. The Morgan fingerprint density at radius 2 is 1.97 bits per heavy atom. The standard InChI is InChI=1S/C19H22N6O4/c1-10-8-13-14(9-12(10)20)25(16-15(21-13)17(26)23-19(29)22-16)7-6-24-4-2-11(3-5-24)18(27)28/h8-9,11H,2-7,20H2,1H3,(H,27,28)(H,23,26,29). The van der Waals surface area contributed by atoms with Crippen LogP contribution in [0.3, 0.4) is 0 Å². The van der Waals surface area contributed by atoms with Crippen LogP contribution in [0.2, 0.25) is 0 Å². The van der Waals surface area contributed by atoms with Gasteiger partial charge in [0.15, 0.2) is 11.5 Å². The lowest BCUT2D eigenvalue weighted by Gasteiger charge is -2.30. The molecule has 0 atom stereocenters. The fraction of sp³-hybridized carbons (Fsp3) is 0.421. The van der Waals surface area contributed by atoms with E-state index in [4.69, 9.17) is 10.8 Å². The highest BCUT2D eigenvalue weighted by molar-refractivity contribution is 5.83. The van der Waals surface area contributed by atoms with Gasteiger partial charge in [0.2, 0.25) is 0 Å². The Bertz CT molecular complexity index is 1180. The number of aliphatic carboxylic acids is 1. The molecule has 4 N–H and O–H groups in total. The Hall–Kier alpha value is -3.27. The van der Waals surface area contributed by atoms with Gasteiger partial charge in [0.1, 0.15) is 0 Å². The van der Waals surface area contributed by atoms with E-state index in [1.807, 2.05) is 13.0 Å². The maximum atomic E-state index is 12.3. The van der Waals surface area contributed by atoms with Crippen LogP contribution in [0.5, 0.6) is 0 Å². The van der Waals surface area contributed by atoms with E-state index in [-0.39, 0.29) is 17.4 Å². The molecule has 3 heterocycles. The summed E-state index contributed by atoms with van der Waals surface area (Å²) < 4.78 is 1.80. The number of likely N-dealkylation sites (tertiary alicyclic amines) is 1. The third-order valence-corrected chi connectivity index (χ3v) is 5.57. The lowest BCUT2D eigenvalue weighted by molar-refractivity contribution is -0.143. The molecule has 152 valence electrons. The van der Waals surface area contributed by atoms with Gasteiger partial charge in [-0.3, -0.25) is 14.6 Å². The van der Waals surface area contributed by atoms with Crippen LogP contribution in [-0.4, -0.2) is 55.1 Å². The van der Waals surface area contributed by atoms with Gasteiger partial charge in [-0.15, -0.1) is 0 Å². The molecule has 0 aromatic heterocycles. The zero-order valence-corrected chi connectivity index (χ0v) is 16.0. The molecule has 0 bridgehead atoms. The number of anilines is 1. The van der Waals surface area contributed by atoms with Crippen molar-refractivity contribution in [3.8, 4) is 11.5 Å². The number of hydrogen-bond donors (Lipinski definition) is 3. The zero-order chi connectivity index (χ0) is 20.7. The SMILES string of the molecule is Cc1cc2nc3c(=O)[nH]c(=O)nc-3n(CCN3CCC(C(=O)O)CC3)c2cc1N. The number of rotatable bonds is 4. The van der Waals surface area contributed by atoms with Crippen molar-refractivity contribution in [1.82, 2.24) is 24.4 Å². The molecule has 29 heavy (non-hydrogen) atoms. The van der Waals surface area contributed by atoms with E-state index in [0.717, 1.165) is 5.56 Å². The minimum atomic E-state index is -0.748. The van der Waals surface area contributed by atoms with Crippen LogP contribution in [0.1, 0.15) is 18.4 Å². The van der Waals surface area contributed by atoms with Crippen molar-refractivity contribution in [2.75, 3.05) is 25.4 Å². The van der Waals surface area contributed by atoms with Gasteiger partial charge in [0.25, 0.3) is 5.56 Å². The van der Waals surface area contributed by atoms with E-state index in [2.05, 4.69) is 19.9 Å². The van der Waals surface area contributed by atoms with Crippen LogP contribution in [0, 0.1) is 12.8 Å². The number of H-pyrrole nitrogens is 1. The monoisotopic (exact) mass is 398 g/mol. The molecule has 0 amide bonds. The maximum Gasteiger partial charge on any atom is 0.349 e. The number of carboxylic acid groups (broad SMARTS) is 1. The summed E-state index contributed by atoms with van der Waals surface area (Å²) in [7, 11) is 0. The Balaban J connectivity index is 1.73. The van der Waals surface area contributed by atoms with E-state index in [1.54, 1.807) is 10.6 Å². The molecule has 1 saturated heterocycles. The highest BCUT2D eigenvalue weighted by Crippen LogP contribution is 2.25. The first-order valence-electron chi connectivity index (χ1n) is 9.49. The second-order valence-electron chi connectivity index (χ2n) is 7.46. The molecular weight excluding hydrogens is 376 g/mol. The number of nitrogen functional groups attached to an aromatic ring is 1. The molecule has 0 radical (unpaired) electrons. The molecule has 0 saturated carbocycles. The number of benzene rings is 1. The molecular formula is C19H22N6O4. The van der Waals surface area contributed by atoms with Crippen molar-refractivity contribution in [3.63, 3.8) is 0 Å². The summed E-state index contributed by atoms with van der Waals surface area (Å²) >= 11 is 0. The Morgan fingerprint density at radius 3 is 2.66 bits per heavy atom. The summed E-state index contributed by atoms with van der Waals surface area (Å²) in [5.41, 5.74) is 7.61. The van der Waals surface area contributed by atoms with Crippen molar-refractivity contribution >= 4 is 22.7 Å². The predicted molar refractivity (Wildman–Crippen MR) is 107 cm³/mol. The van der Waals surface area contributed by atoms with Gasteiger partial charge in [0.05, 0.1) is 17.0 Å². The Kier molecular flexibility index (Phi) is 4.79. The molecule has 10 heteroatoms. The second-order valence-corrected chi connectivity index (χ2v) is 7.46. The van der Waals surface area contributed by atoms with E-state index >= 15 is 0 Å². The van der Waals surface area contributed by atoms with Crippen molar-refractivity contribution in [1.29, 1.82) is 0 Å². The average Bonchev–Trinajstić information content (AvgIpc) is 2.67. The van der Waals surface area contributed by atoms with Crippen molar-refractivity contribution in [2.24, 2.45) is 5.92 Å². The number of aromatic nitrogens is 4. The quantitative estimate of drug-likeness (QED) is 0.419. The van der Waals surface area contributed by atoms with Gasteiger partial charge >= 0.3 is 11.7 Å². The fourth-order valence-corrected chi connectivity index (χ4v) is 3.83. The third kappa shape index (κ3) is 3.58. The summed E-state index contributed by atoms with van der Waals surface area (Å²) in [4.78, 5) is 48.0. The molecule has 1 aromatic rings. The van der Waals surface area contributed by atoms with E-state index in [0.29, 0.717) is 55.7 Å². The molecule has 10 nitrogen and oxygen atoms in total. The number of nitrogens with one attached hydrogen (secondary N) is 1. The van der Waals surface area contributed by atoms with Crippen LogP contribution < -0.4 is 17.0 Å². The van der Waals surface area contributed by atoms with Crippen LogP contribution >= 0.6 is 0 Å². The minimum Gasteiger partial charge on any atom is -0.481 e. The molecule has 0 aliphatic carbocycles. The molecule has 3 aliphatic rings. The summed E-state index contributed by atoms with van der Waals surface area (Å²) in [6.45, 7) is 4.31. The first-order chi connectivity index (χ1) is 13.8. The summed E-state index contributed by atoms with van der Waals surface area (Å²) in [5.74, 6) is -0.829. The van der Waals surface area contributed by atoms with E-state index in [1.165, 1.54) is 0 Å². The number of nitrogens with two attached hydrogens (primary N) is 1. The molecule has 1 aromatic carbocycles. The normalized spacial score (nSPS) is 15.9. The van der Waals surface area contributed by atoms with Crippen LogP contribution in [0.25, 0.3) is 22.6 Å². The molecule has 1 fully saturated rings. The van der Waals surface area contributed by atoms with Crippen LogP contribution in [-0.2, 0) is 11.3 Å². The topological polar surface area (TPSA) is 147 Å². The van der Waals surface area contributed by atoms with Gasteiger partial charge in [-0.2, -0.15) is 4.98 Å². The average molecular weight is 398 g/mol. The van der Waals surface area contributed by atoms with Gasteiger partial charge in [-0.1, -0.05) is 0 Å². The number of piperidine rings is 1. The predicted octanol–water partition coefficient (Wildman–Crippen LogP) is 0.272. The van der Waals surface area contributed by atoms with Crippen LogP contribution in [0.15, 0.2) is 21.7 Å². The minimum absolute atomic E-state index is 0.103. The highest BCUT2D eigenvalue weighted by Gasteiger charge is 2.25. The van der Waals surface area contributed by atoms with Crippen molar-refractivity contribution in [2.45, 2.75) is 26.3 Å². The fourth-order valence-electron chi connectivity index (χ4n) is 3.83. The van der Waals surface area contributed by atoms with Gasteiger partial charge < -0.3 is 20.3 Å². The lowest BCUT2D eigenvalue weighted by atomic mass is 9.97. The van der Waals surface area contributed by atoms with Gasteiger partial charge in [-0.25, -0.2) is 9.78 Å². The number of aryl methyl sites for hydroxylation is 1. The summed E-state index contributed by atoms with van der Waals surface area (Å²) in [5, 5.41) is 9.16. The summed E-state index contributed by atoms with van der Waals surface area (Å²) in [6, 6.07) is 3.59. The van der Waals surface area contributed by atoms with Crippen molar-refractivity contribution in [3.05, 3.63) is 38.5 Å². The third-order valence-electron chi connectivity index (χ3n) is 5.57. The largest absolute Gasteiger partial charge is 0.481 e. The number of carboxylic acids is 1. The smallest absolute Gasteiger partial charge is 0.349 e. The Morgan fingerprint density at radius 1 is 1.24 bits per heavy atom. The molecule has 3 aliphatic heterocycles. The van der Waals surface area contributed by atoms with Gasteiger partial charge in [0, 0.05) is 18.8 Å². The maximum absolute atomic E-state index is 12.3. The first kappa shape index (κ1) is 19.1. The second kappa shape index (κ2) is 7.28. The number of aromatic amines is 1. The lowest BCUT2D eigenvalue weighted by Crippen LogP contribution is -2.38. The van der Waals surface area contributed by atoms with Gasteiger partial charge in [-0.05, 0) is 50.6 Å².